The van der Waals surface area contributed by atoms with Gasteiger partial charge in [0.2, 0.25) is 0 Å². The summed E-state index contributed by atoms with van der Waals surface area (Å²) in [5, 5.41) is 4.06. The minimum absolute atomic E-state index is 0.106. The van der Waals surface area contributed by atoms with Crippen molar-refractivity contribution in [1.29, 1.82) is 0 Å². The summed E-state index contributed by atoms with van der Waals surface area (Å²) in [6.45, 7) is 7.54. The molecule has 0 fully saturated rings. The summed E-state index contributed by atoms with van der Waals surface area (Å²) in [5.41, 5.74) is 1.04. The molecule has 0 spiro atoms. The second kappa shape index (κ2) is 7.00. The van der Waals surface area contributed by atoms with Crippen LogP contribution in [0.15, 0.2) is 24.3 Å². The highest BCUT2D eigenvalue weighted by Crippen LogP contribution is 2.24. The number of aromatic nitrogens is 1. The van der Waals surface area contributed by atoms with Crippen LogP contribution in [0.25, 0.3) is 10.2 Å². The number of nitrogens with zero attached hydrogens (tertiary/aromatic N) is 1. The molecule has 1 unspecified atom stereocenters. The summed E-state index contributed by atoms with van der Waals surface area (Å²) in [6.07, 6.45) is 0. The molecule has 0 bridgehead atoms. The maximum Gasteiger partial charge on any atom is 0.275 e. The third kappa shape index (κ3) is 4.25. The summed E-state index contributed by atoms with van der Waals surface area (Å²) in [6, 6.07) is 8.38. The van der Waals surface area contributed by atoms with E-state index in [0.717, 1.165) is 22.0 Å². The van der Waals surface area contributed by atoms with Gasteiger partial charge in [0.05, 0.1) is 17.3 Å². The number of likely N-dealkylation sites (N-methyl/N-ethyl adjacent to an activating group) is 1. The minimum atomic E-state index is 0.106. The number of nitrogens with one attached hydrogen (secondary N) is 2. The molecule has 1 heterocycles. The van der Waals surface area contributed by atoms with E-state index in [0.29, 0.717) is 12.5 Å². The molecule has 2 rings (SSSR count). The highest BCUT2D eigenvalue weighted by Gasteiger charge is 2.21. The van der Waals surface area contributed by atoms with Gasteiger partial charge in [0.25, 0.3) is 5.91 Å². The SMILES string of the molecule is CC(C)CNC(=O)C[NH+](C)[C@@H](C)c1nc2ccccc2s1. The number of benzene rings is 1. The fourth-order valence-electron chi connectivity index (χ4n) is 2.07. The van der Waals surface area contributed by atoms with Crippen LogP contribution in [0.1, 0.15) is 31.8 Å². The van der Waals surface area contributed by atoms with Gasteiger partial charge < -0.3 is 10.2 Å². The lowest BCUT2D eigenvalue weighted by Gasteiger charge is -2.19. The highest BCUT2D eigenvalue weighted by molar-refractivity contribution is 7.18. The fourth-order valence-corrected chi connectivity index (χ4v) is 3.18. The zero-order valence-corrected chi connectivity index (χ0v) is 14.0. The fraction of sp³-hybridized carbons (Fsp3) is 0.500. The van der Waals surface area contributed by atoms with Crippen molar-refractivity contribution in [1.82, 2.24) is 10.3 Å². The average Bonchev–Trinajstić information content (AvgIpc) is 2.88. The van der Waals surface area contributed by atoms with Crippen molar-refractivity contribution in [2.24, 2.45) is 5.92 Å². The number of amides is 1. The van der Waals surface area contributed by atoms with Crippen molar-refractivity contribution in [2.45, 2.75) is 26.8 Å². The molecule has 0 radical (unpaired) electrons. The van der Waals surface area contributed by atoms with Crippen molar-refractivity contribution < 1.29 is 9.69 Å². The van der Waals surface area contributed by atoms with Crippen LogP contribution in [0.4, 0.5) is 0 Å². The van der Waals surface area contributed by atoms with Crippen molar-refractivity contribution in [2.75, 3.05) is 20.1 Å². The first kappa shape index (κ1) is 15.9. The molecule has 5 heteroatoms. The van der Waals surface area contributed by atoms with Crippen molar-refractivity contribution >= 4 is 27.5 Å². The van der Waals surface area contributed by atoms with E-state index >= 15 is 0 Å². The van der Waals surface area contributed by atoms with Crippen molar-refractivity contribution in [3.63, 3.8) is 0 Å². The predicted molar refractivity (Wildman–Crippen MR) is 87.6 cm³/mol. The van der Waals surface area contributed by atoms with Crippen LogP contribution in [0, 0.1) is 5.92 Å². The summed E-state index contributed by atoms with van der Waals surface area (Å²) in [4.78, 5) is 17.8. The van der Waals surface area contributed by atoms with Gasteiger partial charge in [0, 0.05) is 6.54 Å². The van der Waals surface area contributed by atoms with Gasteiger partial charge in [0.15, 0.2) is 11.6 Å². The third-order valence-corrected chi connectivity index (χ3v) is 4.79. The Kier molecular flexibility index (Phi) is 5.31. The lowest BCUT2D eigenvalue weighted by molar-refractivity contribution is -0.902. The molecular formula is C16H24N3OS+. The molecular weight excluding hydrogens is 282 g/mol. The van der Waals surface area contributed by atoms with Gasteiger partial charge in [-0.3, -0.25) is 4.79 Å². The Labute approximate surface area is 130 Å². The molecule has 0 aliphatic carbocycles. The first-order valence-electron chi connectivity index (χ1n) is 7.42. The molecule has 1 aromatic carbocycles. The highest BCUT2D eigenvalue weighted by atomic mass is 32.1. The number of thiazole rings is 1. The van der Waals surface area contributed by atoms with E-state index in [9.17, 15) is 4.79 Å². The Morgan fingerprint density at radius 3 is 2.71 bits per heavy atom. The van der Waals surface area contributed by atoms with Crippen LogP contribution in [0.2, 0.25) is 0 Å². The maximum atomic E-state index is 11.9. The van der Waals surface area contributed by atoms with E-state index in [1.54, 1.807) is 11.3 Å². The average molecular weight is 306 g/mol. The maximum absolute atomic E-state index is 11.9. The predicted octanol–water partition coefficient (Wildman–Crippen LogP) is 1.64. The number of rotatable bonds is 6. The van der Waals surface area contributed by atoms with Gasteiger partial charge in [-0.15, -0.1) is 11.3 Å². The van der Waals surface area contributed by atoms with Crippen molar-refractivity contribution in [3.05, 3.63) is 29.3 Å². The second-order valence-electron chi connectivity index (χ2n) is 5.96. The van der Waals surface area contributed by atoms with Crippen LogP contribution >= 0.6 is 11.3 Å². The Hall–Kier alpha value is -1.46. The number of quaternary nitrogens is 1. The molecule has 2 aromatic rings. The summed E-state index contributed by atoms with van der Waals surface area (Å²) < 4.78 is 1.21. The lowest BCUT2D eigenvalue weighted by Crippen LogP contribution is -3.10. The summed E-state index contributed by atoms with van der Waals surface area (Å²) >= 11 is 1.72. The molecule has 1 amide bonds. The first-order chi connectivity index (χ1) is 9.97. The molecule has 0 aliphatic rings. The van der Waals surface area contributed by atoms with Crippen LogP contribution in [-0.4, -0.2) is 31.0 Å². The second-order valence-corrected chi connectivity index (χ2v) is 7.02. The van der Waals surface area contributed by atoms with Crippen molar-refractivity contribution in [3.8, 4) is 0 Å². The molecule has 21 heavy (non-hydrogen) atoms. The number of fused-ring (bicyclic) bond motifs is 1. The smallest absolute Gasteiger partial charge is 0.275 e. The quantitative estimate of drug-likeness (QED) is 0.852. The van der Waals surface area contributed by atoms with E-state index in [-0.39, 0.29) is 11.9 Å². The van der Waals surface area contributed by atoms with Crippen LogP contribution < -0.4 is 10.2 Å². The number of carbonyl (C=O) groups is 1. The largest absolute Gasteiger partial charge is 0.351 e. The normalized spacial score (nSPS) is 14.3. The Morgan fingerprint density at radius 2 is 2.05 bits per heavy atom. The minimum Gasteiger partial charge on any atom is -0.351 e. The van der Waals surface area contributed by atoms with E-state index in [2.05, 4.69) is 37.1 Å². The topological polar surface area (TPSA) is 46.4 Å². The molecule has 0 saturated carbocycles. The van der Waals surface area contributed by atoms with Crippen LogP contribution in [0.3, 0.4) is 0 Å². The Balaban J connectivity index is 1.98. The Morgan fingerprint density at radius 1 is 1.33 bits per heavy atom. The standard InChI is InChI=1S/C16H23N3OS/c1-11(2)9-17-15(20)10-19(4)12(3)16-18-13-7-5-6-8-14(13)21-16/h5-8,11-12H,9-10H2,1-4H3,(H,17,20)/p+1/t12-/m0/s1. The molecule has 4 nitrogen and oxygen atoms in total. The Bertz CT molecular complexity index is 575. The monoisotopic (exact) mass is 306 g/mol. The molecule has 2 N–H and O–H groups in total. The van der Waals surface area contributed by atoms with Gasteiger partial charge in [0.1, 0.15) is 6.04 Å². The van der Waals surface area contributed by atoms with Gasteiger partial charge in [-0.2, -0.15) is 0 Å². The van der Waals surface area contributed by atoms with E-state index in [4.69, 9.17) is 0 Å². The third-order valence-electron chi connectivity index (χ3n) is 3.57. The molecule has 1 aromatic heterocycles. The number of hydrogen-bond donors (Lipinski definition) is 2. The molecule has 2 atom stereocenters. The first-order valence-corrected chi connectivity index (χ1v) is 8.23. The molecule has 114 valence electrons. The zero-order chi connectivity index (χ0) is 15.4. The van der Waals surface area contributed by atoms with E-state index < -0.39 is 0 Å². The molecule has 0 saturated heterocycles. The van der Waals surface area contributed by atoms with Gasteiger partial charge in [-0.1, -0.05) is 26.0 Å². The number of carbonyl (C=O) groups excluding carboxylic acids is 1. The van der Waals surface area contributed by atoms with Crippen LogP contribution in [-0.2, 0) is 4.79 Å². The van der Waals surface area contributed by atoms with E-state index in [1.807, 2.05) is 25.2 Å². The van der Waals surface area contributed by atoms with Gasteiger partial charge in [-0.05, 0) is 25.0 Å². The molecule has 0 aliphatic heterocycles. The lowest BCUT2D eigenvalue weighted by atomic mass is 10.2. The zero-order valence-electron chi connectivity index (χ0n) is 13.1. The van der Waals surface area contributed by atoms with Gasteiger partial charge >= 0.3 is 0 Å². The van der Waals surface area contributed by atoms with Crippen LogP contribution in [0.5, 0.6) is 0 Å². The summed E-state index contributed by atoms with van der Waals surface area (Å²) in [5.74, 6) is 0.588. The number of hydrogen-bond acceptors (Lipinski definition) is 3. The van der Waals surface area contributed by atoms with Gasteiger partial charge in [-0.25, -0.2) is 4.98 Å². The summed E-state index contributed by atoms with van der Waals surface area (Å²) in [7, 11) is 2.05. The number of para-hydroxylation sites is 1. The van der Waals surface area contributed by atoms with E-state index in [1.165, 1.54) is 4.70 Å².